The number of rotatable bonds is 6. The normalized spacial score (nSPS) is 13.4. The molecule has 188 valence electrons. The van der Waals surface area contributed by atoms with E-state index >= 15 is 0 Å². The Morgan fingerprint density at radius 2 is 1.41 bits per heavy atom. The van der Waals surface area contributed by atoms with E-state index < -0.39 is 18.0 Å². The third-order valence-corrected chi connectivity index (χ3v) is 4.77. The molecule has 1 fully saturated rings. The SMILES string of the molecule is NC1CCCCC1.NCC(=O)O.NCC[C@H](N)C(=O)O.O=Cc1ccc(-c2ccccc2)cc1. The smallest absolute Gasteiger partial charge is 0.320 e. The number of hydrogen-bond donors (Lipinski definition) is 6. The molecule has 2 aromatic rings. The van der Waals surface area contributed by atoms with Crippen LogP contribution in [-0.4, -0.2) is 53.6 Å². The minimum absolute atomic E-state index is 0.278. The molecule has 1 atom stereocenters. The van der Waals surface area contributed by atoms with E-state index in [0.29, 0.717) is 24.6 Å². The van der Waals surface area contributed by atoms with Gasteiger partial charge in [0.25, 0.3) is 0 Å². The lowest BCUT2D eigenvalue weighted by Gasteiger charge is -2.15. The van der Waals surface area contributed by atoms with E-state index in [9.17, 15) is 14.4 Å². The van der Waals surface area contributed by atoms with Gasteiger partial charge in [-0.25, -0.2) is 0 Å². The Labute approximate surface area is 201 Å². The fraction of sp³-hybridized carbons (Fsp3) is 0.400. The van der Waals surface area contributed by atoms with E-state index in [-0.39, 0.29) is 6.54 Å². The molecule has 0 aromatic heterocycles. The number of aliphatic carboxylic acids is 2. The average molecular weight is 475 g/mol. The van der Waals surface area contributed by atoms with Crippen molar-refractivity contribution in [1.82, 2.24) is 0 Å². The molecule has 2 aromatic carbocycles. The molecule has 0 heterocycles. The summed E-state index contributed by atoms with van der Waals surface area (Å²) in [6.45, 7) is 0.0491. The van der Waals surface area contributed by atoms with Gasteiger partial charge >= 0.3 is 11.9 Å². The van der Waals surface area contributed by atoms with Gasteiger partial charge in [0.2, 0.25) is 0 Å². The van der Waals surface area contributed by atoms with Crippen molar-refractivity contribution < 1.29 is 24.6 Å². The van der Waals surface area contributed by atoms with Gasteiger partial charge in [-0.05, 0) is 36.9 Å². The van der Waals surface area contributed by atoms with Crippen LogP contribution in [0, 0.1) is 0 Å². The molecule has 1 saturated carbocycles. The highest BCUT2D eigenvalue weighted by molar-refractivity contribution is 5.76. The van der Waals surface area contributed by atoms with Gasteiger partial charge in [0.15, 0.2) is 0 Å². The topological polar surface area (TPSA) is 196 Å². The number of carboxylic acids is 2. The zero-order valence-corrected chi connectivity index (χ0v) is 19.5. The zero-order valence-electron chi connectivity index (χ0n) is 19.5. The van der Waals surface area contributed by atoms with Gasteiger partial charge < -0.3 is 33.1 Å². The maximum absolute atomic E-state index is 10.5. The summed E-state index contributed by atoms with van der Waals surface area (Å²) in [5.41, 5.74) is 23.3. The Kier molecular flexibility index (Phi) is 17.6. The highest BCUT2D eigenvalue weighted by Gasteiger charge is 2.08. The van der Waals surface area contributed by atoms with Crippen molar-refractivity contribution in [2.24, 2.45) is 22.9 Å². The molecule has 0 spiro atoms. The third kappa shape index (κ3) is 15.7. The van der Waals surface area contributed by atoms with Crippen LogP contribution in [-0.2, 0) is 9.59 Å². The van der Waals surface area contributed by atoms with Crippen molar-refractivity contribution in [3.8, 4) is 11.1 Å². The number of aldehydes is 1. The second kappa shape index (κ2) is 19.4. The minimum Gasteiger partial charge on any atom is -0.480 e. The van der Waals surface area contributed by atoms with Gasteiger partial charge in [-0.3, -0.25) is 14.4 Å². The fourth-order valence-electron chi connectivity index (χ4n) is 2.82. The summed E-state index contributed by atoms with van der Waals surface area (Å²) in [5.74, 6) is -1.96. The second-order valence-corrected chi connectivity index (χ2v) is 7.62. The van der Waals surface area contributed by atoms with Gasteiger partial charge in [-0.2, -0.15) is 0 Å². The molecule has 9 heteroatoms. The second-order valence-electron chi connectivity index (χ2n) is 7.62. The number of benzene rings is 2. The van der Waals surface area contributed by atoms with Crippen molar-refractivity contribution >= 4 is 18.2 Å². The van der Waals surface area contributed by atoms with Crippen LogP contribution >= 0.6 is 0 Å². The number of carbonyl (C=O) groups is 3. The average Bonchev–Trinajstić information content (AvgIpc) is 2.86. The highest BCUT2D eigenvalue weighted by atomic mass is 16.4. The zero-order chi connectivity index (χ0) is 25.8. The van der Waals surface area contributed by atoms with Gasteiger partial charge in [0.05, 0.1) is 6.54 Å². The van der Waals surface area contributed by atoms with E-state index in [1.54, 1.807) is 0 Å². The predicted octanol–water partition coefficient (Wildman–Crippen LogP) is 2.22. The fourth-order valence-corrected chi connectivity index (χ4v) is 2.82. The first-order valence-electron chi connectivity index (χ1n) is 11.2. The summed E-state index contributed by atoms with van der Waals surface area (Å²) in [5, 5.41) is 15.7. The molecule has 0 radical (unpaired) electrons. The molecule has 3 rings (SSSR count). The highest BCUT2D eigenvalue weighted by Crippen LogP contribution is 2.18. The van der Waals surface area contributed by atoms with E-state index in [1.165, 1.54) is 37.7 Å². The van der Waals surface area contributed by atoms with Crippen LogP contribution in [0.3, 0.4) is 0 Å². The molecule has 9 nitrogen and oxygen atoms in total. The Morgan fingerprint density at radius 1 is 0.912 bits per heavy atom. The maximum atomic E-state index is 10.5. The third-order valence-electron chi connectivity index (χ3n) is 4.77. The van der Waals surface area contributed by atoms with Crippen LogP contribution in [0.5, 0.6) is 0 Å². The number of carbonyl (C=O) groups excluding carboxylic acids is 1. The largest absolute Gasteiger partial charge is 0.480 e. The monoisotopic (exact) mass is 474 g/mol. The summed E-state index contributed by atoms with van der Waals surface area (Å²) in [6.07, 6.45) is 7.86. The molecule has 1 aliphatic carbocycles. The van der Waals surface area contributed by atoms with Gasteiger partial charge in [0.1, 0.15) is 12.3 Å². The summed E-state index contributed by atoms with van der Waals surface area (Å²) < 4.78 is 0. The molecule has 1 aliphatic rings. The van der Waals surface area contributed by atoms with Crippen LogP contribution in [0.25, 0.3) is 11.1 Å². The first-order valence-corrected chi connectivity index (χ1v) is 11.2. The molecule has 0 aliphatic heterocycles. The predicted molar refractivity (Wildman–Crippen MR) is 134 cm³/mol. The number of carboxylic acid groups (broad SMARTS) is 2. The minimum atomic E-state index is -0.990. The van der Waals surface area contributed by atoms with Crippen molar-refractivity contribution in [2.45, 2.75) is 50.6 Å². The summed E-state index contributed by atoms with van der Waals surface area (Å²) in [7, 11) is 0. The lowest BCUT2D eigenvalue weighted by Crippen LogP contribution is -2.32. The van der Waals surface area contributed by atoms with E-state index in [4.69, 9.17) is 27.4 Å². The first-order chi connectivity index (χ1) is 16.2. The molecule has 0 amide bonds. The van der Waals surface area contributed by atoms with Crippen molar-refractivity contribution in [2.75, 3.05) is 13.1 Å². The van der Waals surface area contributed by atoms with E-state index in [0.717, 1.165) is 11.8 Å². The quantitative estimate of drug-likeness (QED) is 0.340. The Balaban J connectivity index is 0.000000467. The molecule has 0 bridgehead atoms. The van der Waals surface area contributed by atoms with Crippen LogP contribution in [0.2, 0.25) is 0 Å². The van der Waals surface area contributed by atoms with Crippen LogP contribution in [0.1, 0.15) is 48.9 Å². The molecular formula is C25H38N4O5. The van der Waals surface area contributed by atoms with E-state index in [1.807, 2.05) is 42.5 Å². The van der Waals surface area contributed by atoms with Crippen LogP contribution < -0.4 is 22.9 Å². The molecule has 0 saturated heterocycles. The van der Waals surface area contributed by atoms with Crippen molar-refractivity contribution in [3.05, 3.63) is 60.2 Å². The number of nitrogens with two attached hydrogens (primary N) is 4. The van der Waals surface area contributed by atoms with Crippen LogP contribution in [0.4, 0.5) is 0 Å². The molecule has 10 N–H and O–H groups in total. The molecular weight excluding hydrogens is 436 g/mol. The lowest BCUT2D eigenvalue weighted by molar-refractivity contribution is -0.138. The Hall–Kier alpha value is -3.11. The summed E-state index contributed by atoms with van der Waals surface area (Å²) in [6, 6.07) is 17.4. The number of hydrogen-bond acceptors (Lipinski definition) is 7. The standard InChI is InChI=1S/C13H10O.C6H13N.C4H10N2O2.C2H5NO2/c14-10-11-6-8-13(9-7-11)12-4-2-1-3-5-12;7-6-4-2-1-3-5-6;5-2-1-3(6)4(7)8;3-1-2(4)5/h1-10H;6H,1-5,7H2;3H,1-2,5-6H2,(H,7,8);1,3H2,(H,4,5)/t;;3-;/m..0./s1. The van der Waals surface area contributed by atoms with Gasteiger partial charge in [0, 0.05) is 11.6 Å². The summed E-state index contributed by atoms with van der Waals surface area (Å²) in [4.78, 5) is 29.6. The summed E-state index contributed by atoms with van der Waals surface area (Å²) >= 11 is 0. The van der Waals surface area contributed by atoms with Crippen molar-refractivity contribution in [1.29, 1.82) is 0 Å². The Bertz CT molecular complexity index is 810. The van der Waals surface area contributed by atoms with Gasteiger partial charge in [-0.1, -0.05) is 73.9 Å². The molecule has 34 heavy (non-hydrogen) atoms. The Morgan fingerprint density at radius 3 is 1.74 bits per heavy atom. The van der Waals surface area contributed by atoms with Crippen LogP contribution in [0.15, 0.2) is 54.6 Å². The first kappa shape index (κ1) is 30.9. The van der Waals surface area contributed by atoms with Crippen molar-refractivity contribution in [3.63, 3.8) is 0 Å². The maximum Gasteiger partial charge on any atom is 0.320 e. The van der Waals surface area contributed by atoms with E-state index in [2.05, 4.69) is 17.9 Å². The lowest BCUT2D eigenvalue weighted by atomic mass is 9.97. The van der Waals surface area contributed by atoms with Gasteiger partial charge in [-0.15, -0.1) is 0 Å². The molecule has 0 unspecified atom stereocenters.